The van der Waals surface area contributed by atoms with Crippen LogP contribution in [0.15, 0.2) is 41.7 Å². The van der Waals surface area contributed by atoms with E-state index in [0.717, 1.165) is 40.0 Å². The molecule has 2 aliphatic rings. The molecule has 0 atom stereocenters. The Bertz CT molecular complexity index is 825. The van der Waals surface area contributed by atoms with E-state index in [2.05, 4.69) is 26.7 Å². The summed E-state index contributed by atoms with van der Waals surface area (Å²) < 4.78 is 0. The fourth-order valence-corrected chi connectivity index (χ4v) is 2.98. The summed E-state index contributed by atoms with van der Waals surface area (Å²) >= 11 is 0. The second-order valence-corrected chi connectivity index (χ2v) is 5.57. The van der Waals surface area contributed by atoms with Gasteiger partial charge in [0.15, 0.2) is 0 Å². The van der Waals surface area contributed by atoms with Crippen LogP contribution in [0.25, 0.3) is 6.08 Å². The number of carbonyl (C=O) groups is 1. The lowest BCUT2D eigenvalue weighted by Crippen LogP contribution is -2.26. The quantitative estimate of drug-likeness (QED) is 0.915. The summed E-state index contributed by atoms with van der Waals surface area (Å²) in [4.78, 5) is 21.1. The molecule has 0 saturated heterocycles. The minimum absolute atomic E-state index is 0.0613. The molecule has 0 spiro atoms. The number of nitrogens with zero attached hydrogens (tertiary/aromatic N) is 2. The molecular weight excluding hydrogens is 288 g/mol. The third-order valence-corrected chi connectivity index (χ3v) is 4.11. The third kappa shape index (κ3) is 2.50. The van der Waals surface area contributed by atoms with Crippen LogP contribution in [-0.2, 0) is 13.1 Å². The van der Waals surface area contributed by atoms with E-state index in [1.807, 2.05) is 30.5 Å². The minimum Gasteiger partial charge on any atom is -0.381 e. The molecule has 2 aliphatic heterocycles. The van der Waals surface area contributed by atoms with Gasteiger partial charge in [0, 0.05) is 48.5 Å². The van der Waals surface area contributed by atoms with Gasteiger partial charge >= 0.3 is 0 Å². The van der Waals surface area contributed by atoms with Crippen molar-refractivity contribution in [1.29, 1.82) is 0 Å². The number of amides is 1. The zero-order valence-electron chi connectivity index (χ0n) is 12.5. The Balaban J connectivity index is 1.67. The molecule has 1 aromatic carbocycles. The fraction of sp³-hybridized carbons (Fsp3) is 0.167. The topological polar surface area (TPSA) is 66.4 Å². The summed E-state index contributed by atoms with van der Waals surface area (Å²) in [5.74, 6) is -0.0613. The smallest absolute Gasteiger partial charge is 0.252 e. The van der Waals surface area contributed by atoms with Crippen LogP contribution in [0.1, 0.15) is 32.6 Å². The summed E-state index contributed by atoms with van der Waals surface area (Å²) in [6.45, 7) is 1.83. The Morgan fingerprint density at radius 2 is 2.17 bits per heavy atom. The standard InChI is InChI=1S/C18H16N4O/c23-18(22-9-12-3-6-19-7-4-12)17-14-2-1-5-21-16(14)8-13-10-20-11-15(13)17/h1-4,6-8,10,21H,5,9,11H2,(H,22,23). The zero-order chi connectivity index (χ0) is 15.6. The molecule has 2 N–H and O–H groups in total. The van der Waals surface area contributed by atoms with Crippen molar-refractivity contribution < 1.29 is 4.79 Å². The molecule has 0 fully saturated rings. The number of rotatable bonds is 3. The van der Waals surface area contributed by atoms with Gasteiger partial charge in [0.05, 0.1) is 12.1 Å². The molecule has 0 unspecified atom stereocenters. The molecule has 2 aromatic rings. The van der Waals surface area contributed by atoms with Crippen molar-refractivity contribution in [2.45, 2.75) is 13.1 Å². The first-order valence-electron chi connectivity index (χ1n) is 7.60. The summed E-state index contributed by atoms with van der Waals surface area (Å²) in [7, 11) is 0. The Kier molecular flexibility index (Phi) is 3.38. The van der Waals surface area contributed by atoms with E-state index in [-0.39, 0.29) is 5.91 Å². The van der Waals surface area contributed by atoms with E-state index >= 15 is 0 Å². The van der Waals surface area contributed by atoms with Crippen LogP contribution >= 0.6 is 0 Å². The van der Waals surface area contributed by atoms with Gasteiger partial charge in [-0.2, -0.15) is 0 Å². The summed E-state index contributed by atoms with van der Waals surface area (Å²) in [6.07, 6.45) is 9.35. The maximum absolute atomic E-state index is 12.8. The van der Waals surface area contributed by atoms with E-state index in [0.29, 0.717) is 13.1 Å². The lowest BCUT2D eigenvalue weighted by atomic mass is 9.93. The van der Waals surface area contributed by atoms with E-state index in [1.54, 1.807) is 12.4 Å². The molecule has 0 aliphatic carbocycles. The lowest BCUT2D eigenvalue weighted by molar-refractivity contribution is 0.0950. The number of anilines is 1. The normalized spacial score (nSPS) is 14.1. The maximum atomic E-state index is 12.8. The van der Waals surface area contributed by atoms with E-state index in [1.165, 1.54) is 0 Å². The number of aromatic nitrogens is 1. The highest BCUT2D eigenvalue weighted by Crippen LogP contribution is 2.32. The van der Waals surface area contributed by atoms with E-state index < -0.39 is 0 Å². The van der Waals surface area contributed by atoms with Crippen molar-refractivity contribution in [3.8, 4) is 0 Å². The number of hydrogen-bond acceptors (Lipinski definition) is 4. The second-order valence-electron chi connectivity index (χ2n) is 5.57. The number of aliphatic imine (C=N–C) groups is 1. The largest absolute Gasteiger partial charge is 0.381 e. The van der Waals surface area contributed by atoms with Crippen molar-refractivity contribution in [3.63, 3.8) is 0 Å². The van der Waals surface area contributed by atoms with E-state index in [4.69, 9.17) is 0 Å². The van der Waals surface area contributed by atoms with Crippen molar-refractivity contribution in [2.75, 3.05) is 11.9 Å². The van der Waals surface area contributed by atoms with Crippen molar-refractivity contribution >= 4 is 23.9 Å². The van der Waals surface area contributed by atoms with Gasteiger partial charge in [-0.1, -0.05) is 12.2 Å². The Hall–Kier alpha value is -2.95. The van der Waals surface area contributed by atoms with Crippen molar-refractivity contribution in [1.82, 2.24) is 10.3 Å². The molecule has 0 radical (unpaired) electrons. The Morgan fingerprint density at radius 1 is 1.30 bits per heavy atom. The fourth-order valence-electron chi connectivity index (χ4n) is 2.98. The molecule has 3 heterocycles. The molecule has 4 rings (SSSR count). The molecule has 5 nitrogen and oxygen atoms in total. The SMILES string of the molecule is O=C(NCc1ccncc1)c1c2c(cc3c1CN=C3)NCC=C2. The molecule has 0 bridgehead atoms. The number of benzene rings is 1. The van der Waals surface area contributed by atoms with Gasteiger partial charge < -0.3 is 10.6 Å². The Morgan fingerprint density at radius 3 is 3.04 bits per heavy atom. The van der Waals surface area contributed by atoms with Gasteiger partial charge in [0.2, 0.25) is 0 Å². The number of pyridine rings is 1. The van der Waals surface area contributed by atoms with Crippen molar-refractivity contribution in [3.05, 3.63) is 64.5 Å². The Labute approximate surface area is 134 Å². The van der Waals surface area contributed by atoms with Crippen LogP contribution < -0.4 is 10.6 Å². The van der Waals surface area contributed by atoms with Crippen LogP contribution in [0.3, 0.4) is 0 Å². The molecule has 114 valence electrons. The van der Waals surface area contributed by atoms with E-state index in [9.17, 15) is 4.79 Å². The molecule has 1 amide bonds. The van der Waals surface area contributed by atoms with Gasteiger partial charge in [-0.25, -0.2) is 0 Å². The molecule has 5 heteroatoms. The summed E-state index contributed by atoms with van der Waals surface area (Å²) in [5.41, 5.74) is 5.73. The van der Waals surface area contributed by atoms with Crippen LogP contribution in [0.4, 0.5) is 5.69 Å². The average Bonchev–Trinajstić information content (AvgIpc) is 3.06. The first kappa shape index (κ1) is 13.7. The first-order chi connectivity index (χ1) is 11.3. The monoisotopic (exact) mass is 304 g/mol. The number of carbonyl (C=O) groups excluding carboxylic acids is 1. The highest BCUT2D eigenvalue weighted by molar-refractivity contribution is 6.05. The van der Waals surface area contributed by atoms with Crippen LogP contribution in [0.2, 0.25) is 0 Å². The second kappa shape index (κ2) is 5.68. The predicted molar refractivity (Wildman–Crippen MR) is 90.7 cm³/mol. The summed E-state index contributed by atoms with van der Waals surface area (Å²) in [6, 6.07) is 5.87. The van der Waals surface area contributed by atoms with Gasteiger partial charge in [-0.15, -0.1) is 0 Å². The predicted octanol–water partition coefficient (Wildman–Crippen LogP) is 2.38. The molecule has 0 saturated carbocycles. The number of hydrogen-bond donors (Lipinski definition) is 2. The number of nitrogens with one attached hydrogen (secondary N) is 2. The highest BCUT2D eigenvalue weighted by atomic mass is 16.1. The van der Waals surface area contributed by atoms with Crippen LogP contribution in [0.5, 0.6) is 0 Å². The van der Waals surface area contributed by atoms with Gasteiger partial charge in [-0.05, 0) is 29.3 Å². The minimum atomic E-state index is -0.0613. The highest BCUT2D eigenvalue weighted by Gasteiger charge is 2.23. The zero-order valence-corrected chi connectivity index (χ0v) is 12.5. The van der Waals surface area contributed by atoms with Gasteiger partial charge in [0.25, 0.3) is 5.91 Å². The summed E-state index contributed by atoms with van der Waals surface area (Å²) in [5, 5.41) is 6.34. The van der Waals surface area contributed by atoms with Crippen LogP contribution in [-0.4, -0.2) is 23.7 Å². The molecule has 1 aromatic heterocycles. The molecular formula is C18H16N4O. The van der Waals surface area contributed by atoms with Crippen molar-refractivity contribution in [2.24, 2.45) is 4.99 Å². The van der Waals surface area contributed by atoms with Gasteiger partial charge in [0.1, 0.15) is 0 Å². The first-order valence-corrected chi connectivity index (χ1v) is 7.60. The third-order valence-electron chi connectivity index (χ3n) is 4.11. The maximum Gasteiger partial charge on any atom is 0.252 e. The average molecular weight is 304 g/mol. The van der Waals surface area contributed by atoms with Gasteiger partial charge in [-0.3, -0.25) is 14.8 Å². The lowest BCUT2D eigenvalue weighted by Gasteiger charge is -2.19. The number of fused-ring (bicyclic) bond motifs is 2. The molecule has 23 heavy (non-hydrogen) atoms. The van der Waals surface area contributed by atoms with Crippen LogP contribution in [0, 0.1) is 0 Å².